The maximum atomic E-state index is 11.9. The lowest BCUT2D eigenvalue weighted by atomic mass is 10.3. The molecule has 1 aromatic carbocycles. The molecule has 0 radical (unpaired) electrons. The van der Waals surface area contributed by atoms with Crippen molar-refractivity contribution in [2.24, 2.45) is 0 Å². The van der Waals surface area contributed by atoms with Crippen molar-refractivity contribution in [1.82, 2.24) is 4.57 Å². The molecule has 0 atom stereocenters. The average Bonchev–Trinajstić information content (AvgIpc) is 2.78. The molecule has 78 valence electrons. The Morgan fingerprint density at radius 3 is 2.56 bits per heavy atom. The molecule has 3 heteroatoms. The maximum absolute atomic E-state index is 11.9. The van der Waals surface area contributed by atoms with Gasteiger partial charge in [-0.2, -0.15) is 0 Å². The molecular formula is C13H9NOS. The molecule has 0 fully saturated rings. The predicted octanol–water partition coefficient (Wildman–Crippen LogP) is 3.05. The van der Waals surface area contributed by atoms with Crippen LogP contribution in [0.3, 0.4) is 0 Å². The Labute approximate surface area is 96.4 Å². The van der Waals surface area contributed by atoms with E-state index in [1.165, 1.54) is 0 Å². The van der Waals surface area contributed by atoms with Gasteiger partial charge < -0.3 is 0 Å². The van der Waals surface area contributed by atoms with Gasteiger partial charge >= 0.3 is 0 Å². The Morgan fingerprint density at radius 2 is 1.75 bits per heavy atom. The standard InChI is InChI=1S/C13H9NOS/c15-12-7-6-10-8-9-16-13(10)14(12)11-4-2-1-3-5-11/h1-9H. The molecule has 2 aromatic heterocycles. The van der Waals surface area contributed by atoms with Crippen molar-refractivity contribution in [3.05, 3.63) is 64.3 Å². The molecule has 0 aliphatic carbocycles. The number of benzene rings is 1. The second-order valence-corrected chi connectivity index (χ2v) is 4.42. The minimum atomic E-state index is 0.0150. The van der Waals surface area contributed by atoms with E-state index in [9.17, 15) is 4.79 Å². The van der Waals surface area contributed by atoms with E-state index in [4.69, 9.17) is 0 Å². The van der Waals surface area contributed by atoms with Crippen LogP contribution >= 0.6 is 11.3 Å². The van der Waals surface area contributed by atoms with Crippen molar-refractivity contribution in [2.75, 3.05) is 0 Å². The number of aromatic nitrogens is 1. The summed E-state index contributed by atoms with van der Waals surface area (Å²) in [4.78, 5) is 12.9. The molecule has 2 nitrogen and oxygen atoms in total. The average molecular weight is 227 g/mol. The summed E-state index contributed by atoms with van der Waals surface area (Å²) in [6.07, 6.45) is 0. The normalized spacial score (nSPS) is 10.8. The van der Waals surface area contributed by atoms with Crippen LogP contribution in [-0.2, 0) is 0 Å². The van der Waals surface area contributed by atoms with Crippen LogP contribution in [0.25, 0.3) is 15.9 Å². The quantitative estimate of drug-likeness (QED) is 0.626. The van der Waals surface area contributed by atoms with Gasteiger partial charge in [0.2, 0.25) is 0 Å². The third-order valence-electron chi connectivity index (χ3n) is 2.52. The lowest BCUT2D eigenvalue weighted by molar-refractivity contribution is 1.06. The van der Waals surface area contributed by atoms with Crippen LogP contribution in [0.1, 0.15) is 0 Å². The number of para-hydroxylation sites is 1. The molecule has 3 aromatic rings. The van der Waals surface area contributed by atoms with Gasteiger partial charge in [-0.05, 0) is 29.6 Å². The molecule has 0 amide bonds. The highest BCUT2D eigenvalue weighted by atomic mass is 32.1. The van der Waals surface area contributed by atoms with Crippen LogP contribution in [0.15, 0.2) is 58.7 Å². The van der Waals surface area contributed by atoms with Crippen molar-refractivity contribution >= 4 is 21.6 Å². The van der Waals surface area contributed by atoms with E-state index in [1.807, 2.05) is 47.8 Å². The fraction of sp³-hybridized carbons (Fsp3) is 0. The van der Waals surface area contributed by atoms with Crippen LogP contribution in [-0.4, -0.2) is 4.57 Å². The lowest BCUT2D eigenvalue weighted by Gasteiger charge is -2.06. The summed E-state index contributed by atoms with van der Waals surface area (Å²) in [5, 5.41) is 3.11. The summed E-state index contributed by atoms with van der Waals surface area (Å²) in [5.74, 6) is 0. The second kappa shape index (κ2) is 3.61. The molecule has 16 heavy (non-hydrogen) atoms. The molecule has 3 rings (SSSR count). The molecular weight excluding hydrogens is 218 g/mol. The maximum Gasteiger partial charge on any atom is 0.256 e. The van der Waals surface area contributed by atoms with E-state index in [2.05, 4.69) is 0 Å². The van der Waals surface area contributed by atoms with Crippen molar-refractivity contribution in [3.63, 3.8) is 0 Å². The van der Waals surface area contributed by atoms with Crippen LogP contribution < -0.4 is 5.56 Å². The Hall–Kier alpha value is -1.87. The molecule has 0 saturated carbocycles. The minimum absolute atomic E-state index is 0.0150. The fourth-order valence-electron chi connectivity index (χ4n) is 1.78. The molecule has 0 spiro atoms. The number of hydrogen-bond donors (Lipinski definition) is 0. The van der Waals surface area contributed by atoms with E-state index in [-0.39, 0.29) is 5.56 Å². The highest BCUT2D eigenvalue weighted by molar-refractivity contribution is 7.16. The smallest absolute Gasteiger partial charge is 0.256 e. The summed E-state index contributed by atoms with van der Waals surface area (Å²) in [6.45, 7) is 0. The number of thiophene rings is 1. The van der Waals surface area contributed by atoms with Crippen LogP contribution in [0, 0.1) is 0 Å². The second-order valence-electron chi connectivity index (χ2n) is 3.52. The Balaban J connectivity index is 2.42. The van der Waals surface area contributed by atoms with E-state index >= 15 is 0 Å². The van der Waals surface area contributed by atoms with E-state index in [1.54, 1.807) is 22.0 Å². The first kappa shape index (κ1) is 9.36. The predicted molar refractivity (Wildman–Crippen MR) is 67.4 cm³/mol. The molecule has 2 heterocycles. The van der Waals surface area contributed by atoms with Gasteiger partial charge in [-0.3, -0.25) is 9.36 Å². The Morgan fingerprint density at radius 1 is 0.938 bits per heavy atom. The molecule has 0 unspecified atom stereocenters. The molecule has 0 N–H and O–H groups in total. The topological polar surface area (TPSA) is 22.0 Å². The van der Waals surface area contributed by atoms with Gasteiger partial charge in [0, 0.05) is 11.5 Å². The number of rotatable bonds is 1. The third kappa shape index (κ3) is 1.37. The summed E-state index contributed by atoms with van der Waals surface area (Å²) in [6, 6.07) is 15.2. The number of fused-ring (bicyclic) bond motifs is 1. The van der Waals surface area contributed by atoms with Crippen LogP contribution in [0.2, 0.25) is 0 Å². The first-order valence-electron chi connectivity index (χ1n) is 5.01. The molecule has 0 aliphatic rings. The monoisotopic (exact) mass is 227 g/mol. The first-order valence-corrected chi connectivity index (χ1v) is 5.89. The minimum Gasteiger partial charge on any atom is -0.269 e. The third-order valence-corrected chi connectivity index (χ3v) is 3.43. The van der Waals surface area contributed by atoms with Crippen molar-refractivity contribution in [3.8, 4) is 5.69 Å². The summed E-state index contributed by atoms with van der Waals surface area (Å²) in [7, 11) is 0. The largest absolute Gasteiger partial charge is 0.269 e. The molecule has 0 saturated heterocycles. The zero-order valence-electron chi connectivity index (χ0n) is 8.46. The van der Waals surface area contributed by atoms with Gasteiger partial charge in [-0.25, -0.2) is 0 Å². The highest BCUT2D eigenvalue weighted by Crippen LogP contribution is 2.21. The van der Waals surface area contributed by atoms with E-state index < -0.39 is 0 Å². The number of nitrogens with zero attached hydrogens (tertiary/aromatic N) is 1. The summed E-state index contributed by atoms with van der Waals surface area (Å²) < 4.78 is 1.75. The lowest BCUT2D eigenvalue weighted by Crippen LogP contribution is -2.16. The van der Waals surface area contributed by atoms with E-state index in [0.717, 1.165) is 15.9 Å². The van der Waals surface area contributed by atoms with Crippen LogP contribution in [0.4, 0.5) is 0 Å². The van der Waals surface area contributed by atoms with Crippen LogP contribution in [0.5, 0.6) is 0 Å². The summed E-state index contributed by atoms with van der Waals surface area (Å²) in [5.41, 5.74) is 0.932. The van der Waals surface area contributed by atoms with Crippen molar-refractivity contribution in [1.29, 1.82) is 0 Å². The zero-order chi connectivity index (χ0) is 11.0. The number of hydrogen-bond acceptors (Lipinski definition) is 2. The first-order chi connectivity index (χ1) is 7.86. The molecule has 0 aliphatic heterocycles. The Bertz CT molecular complexity index is 682. The van der Waals surface area contributed by atoms with Gasteiger partial charge in [0.25, 0.3) is 5.56 Å². The van der Waals surface area contributed by atoms with Crippen molar-refractivity contribution < 1.29 is 0 Å². The highest BCUT2D eigenvalue weighted by Gasteiger charge is 2.05. The van der Waals surface area contributed by atoms with Gasteiger partial charge in [-0.15, -0.1) is 11.3 Å². The van der Waals surface area contributed by atoms with E-state index in [0.29, 0.717) is 0 Å². The van der Waals surface area contributed by atoms with Gasteiger partial charge in [0.1, 0.15) is 4.83 Å². The fourth-order valence-corrected chi connectivity index (χ4v) is 2.69. The number of pyridine rings is 1. The summed E-state index contributed by atoms with van der Waals surface area (Å²) >= 11 is 1.59. The van der Waals surface area contributed by atoms with Crippen molar-refractivity contribution in [2.45, 2.75) is 0 Å². The SMILES string of the molecule is O=c1ccc2ccsc2n1-c1ccccc1. The zero-order valence-corrected chi connectivity index (χ0v) is 9.28. The molecule has 0 bridgehead atoms. The van der Waals surface area contributed by atoms with Gasteiger partial charge in [-0.1, -0.05) is 18.2 Å². The Kier molecular flexibility index (Phi) is 2.11. The van der Waals surface area contributed by atoms with Gasteiger partial charge in [0.05, 0.1) is 5.69 Å². The van der Waals surface area contributed by atoms with Gasteiger partial charge in [0.15, 0.2) is 0 Å².